The molecule has 0 saturated heterocycles. The zero-order valence-electron chi connectivity index (χ0n) is 15.8. The van der Waals surface area contributed by atoms with Crippen LogP contribution in [0.4, 0.5) is 11.6 Å². The number of aromatic nitrogens is 4. The molecule has 2 aromatic heterocycles. The monoisotopic (exact) mass is 378 g/mol. The van der Waals surface area contributed by atoms with Gasteiger partial charge in [0.1, 0.15) is 35.4 Å². The summed E-state index contributed by atoms with van der Waals surface area (Å²) in [4.78, 5) is 25.8. The van der Waals surface area contributed by atoms with E-state index in [1.54, 1.807) is 4.57 Å². The van der Waals surface area contributed by atoms with Gasteiger partial charge in [-0.3, -0.25) is 9.36 Å². The lowest BCUT2D eigenvalue weighted by molar-refractivity contribution is 0.570. The number of nitrogen functional groups attached to an aromatic ring is 1. The second-order valence-corrected chi connectivity index (χ2v) is 6.50. The first-order valence-electron chi connectivity index (χ1n) is 8.95. The second kappa shape index (κ2) is 8.02. The van der Waals surface area contributed by atoms with Crippen LogP contribution >= 0.6 is 0 Å². The summed E-state index contributed by atoms with van der Waals surface area (Å²) in [6.45, 7) is 4.65. The standard InChI is InChI=1S/C19H22N8O/c1-11-5-3-6-14-15(11)19(28)27(8-4-7-20)18(26-14)12(2)25-17-13(9-21)16(22)23-10-24-17/h3,5-6,10,12H,4,7-8,20H2,1-2H3,(H3,22,23,24,25)/t12-/m0/s1. The zero-order valence-corrected chi connectivity index (χ0v) is 15.8. The molecular weight excluding hydrogens is 356 g/mol. The SMILES string of the molecule is Cc1cccc2nc([C@H](C)Nc3ncnc(N)c3C#N)n(CCCN)c(=O)c12. The highest BCUT2D eigenvalue weighted by Crippen LogP contribution is 2.23. The first-order valence-corrected chi connectivity index (χ1v) is 8.95. The number of anilines is 2. The molecular formula is C19H22N8O. The first kappa shape index (κ1) is 19.3. The molecule has 0 spiro atoms. The van der Waals surface area contributed by atoms with Gasteiger partial charge in [0.2, 0.25) is 0 Å². The lowest BCUT2D eigenvalue weighted by atomic mass is 10.1. The number of rotatable bonds is 6. The number of nitrogens with one attached hydrogen (secondary N) is 1. The van der Waals surface area contributed by atoms with E-state index in [-0.39, 0.29) is 16.9 Å². The molecule has 0 radical (unpaired) electrons. The third-order valence-corrected chi connectivity index (χ3v) is 4.54. The van der Waals surface area contributed by atoms with Crippen LogP contribution < -0.4 is 22.3 Å². The number of aryl methyl sites for hydroxylation is 1. The van der Waals surface area contributed by atoms with Crippen molar-refractivity contribution in [3.05, 3.63) is 51.8 Å². The van der Waals surface area contributed by atoms with Crippen molar-refractivity contribution in [2.75, 3.05) is 17.6 Å². The molecule has 0 fully saturated rings. The molecule has 0 aliphatic rings. The lowest BCUT2D eigenvalue weighted by Crippen LogP contribution is -2.30. The Morgan fingerprint density at radius 2 is 2.14 bits per heavy atom. The molecule has 28 heavy (non-hydrogen) atoms. The quantitative estimate of drug-likeness (QED) is 0.584. The van der Waals surface area contributed by atoms with Gasteiger partial charge < -0.3 is 16.8 Å². The smallest absolute Gasteiger partial charge is 0.261 e. The summed E-state index contributed by atoms with van der Waals surface area (Å²) in [5.41, 5.74) is 13.0. The average molecular weight is 378 g/mol. The van der Waals surface area contributed by atoms with Gasteiger partial charge in [0.05, 0.1) is 16.9 Å². The minimum absolute atomic E-state index is 0.0924. The Hall–Kier alpha value is -3.51. The lowest BCUT2D eigenvalue weighted by Gasteiger charge is -2.20. The normalized spacial score (nSPS) is 11.9. The molecule has 9 nitrogen and oxygen atoms in total. The van der Waals surface area contributed by atoms with Crippen LogP contribution in [0.15, 0.2) is 29.3 Å². The van der Waals surface area contributed by atoms with E-state index < -0.39 is 6.04 Å². The van der Waals surface area contributed by atoms with Gasteiger partial charge in [-0.1, -0.05) is 12.1 Å². The molecule has 3 aromatic rings. The van der Waals surface area contributed by atoms with E-state index in [0.29, 0.717) is 42.1 Å². The maximum atomic E-state index is 13.2. The van der Waals surface area contributed by atoms with E-state index in [1.165, 1.54) is 6.33 Å². The maximum Gasteiger partial charge on any atom is 0.261 e. The predicted octanol–water partition coefficient (Wildman–Crippen LogP) is 1.47. The van der Waals surface area contributed by atoms with Gasteiger partial charge in [-0.25, -0.2) is 15.0 Å². The number of fused-ring (bicyclic) bond motifs is 1. The molecule has 9 heteroatoms. The summed E-state index contributed by atoms with van der Waals surface area (Å²) >= 11 is 0. The molecule has 1 atom stereocenters. The first-order chi connectivity index (χ1) is 13.5. The molecule has 3 rings (SSSR count). The van der Waals surface area contributed by atoms with Gasteiger partial charge in [0.15, 0.2) is 0 Å². The number of nitrogens with two attached hydrogens (primary N) is 2. The number of nitrogens with zero attached hydrogens (tertiary/aromatic N) is 5. The van der Waals surface area contributed by atoms with Crippen LogP contribution in [0.5, 0.6) is 0 Å². The van der Waals surface area contributed by atoms with Gasteiger partial charge in [-0.2, -0.15) is 5.26 Å². The van der Waals surface area contributed by atoms with Crippen molar-refractivity contribution in [2.45, 2.75) is 32.9 Å². The molecule has 1 aromatic carbocycles. The van der Waals surface area contributed by atoms with E-state index in [2.05, 4.69) is 15.3 Å². The fourth-order valence-corrected chi connectivity index (χ4v) is 3.13. The van der Waals surface area contributed by atoms with Crippen LogP contribution in [0.1, 0.15) is 36.3 Å². The molecule has 5 N–H and O–H groups in total. The number of hydrogen-bond acceptors (Lipinski definition) is 8. The third-order valence-electron chi connectivity index (χ3n) is 4.54. The molecule has 0 bridgehead atoms. The average Bonchev–Trinajstić information content (AvgIpc) is 2.67. The number of nitriles is 1. The molecule has 0 aliphatic heterocycles. The summed E-state index contributed by atoms with van der Waals surface area (Å²) < 4.78 is 1.64. The van der Waals surface area contributed by atoms with E-state index >= 15 is 0 Å². The minimum atomic E-state index is -0.406. The van der Waals surface area contributed by atoms with Gasteiger partial charge in [0, 0.05) is 6.54 Å². The Kier molecular flexibility index (Phi) is 5.52. The van der Waals surface area contributed by atoms with Crippen molar-refractivity contribution in [1.82, 2.24) is 19.5 Å². The highest BCUT2D eigenvalue weighted by Gasteiger charge is 2.19. The van der Waals surface area contributed by atoms with Crippen LogP contribution in [-0.4, -0.2) is 26.1 Å². The Balaban J connectivity index is 2.12. The number of hydrogen-bond donors (Lipinski definition) is 3. The van der Waals surface area contributed by atoms with Gasteiger partial charge in [-0.05, 0) is 38.4 Å². The highest BCUT2D eigenvalue weighted by molar-refractivity contribution is 5.81. The third kappa shape index (κ3) is 3.50. The molecule has 144 valence electrons. The fraction of sp³-hybridized carbons (Fsp3) is 0.316. The number of benzene rings is 1. The predicted molar refractivity (Wildman–Crippen MR) is 108 cm³/mol. The van der Waals surface area contributed by atoms with Crippen molar-refractivity contribution >= 4 is 22.5 Å². The minimum Gasteiger partial charge on any atom is -0.382 e. The summed E-state index contributed by atoms with van der Waals surface area (Å²) in [6.07, 6.45) is 1.92. The van der Waals surface area contributed by atoms with E-state index in [0.717, 1.165) is 5.56 Å². The van der Waals surface area contributed by atoms with Crippen LogP contribution in [0, 0.1) is 18.3 Å². The zero-order chi connectivity index (χ0) is 20.3. The van der Waals surface area contributed by atoms with Gasteiger partial charge in [0.25, 0.3) is 5.56 Å². The Bertz CT molecular complexity index is 1120. The van der Waals surface area contributed by atoms with Crippen molar-refractivity contribution < 1.29 is 0 Å². The Morgan fingerprint density at radius 1 is 1.36 bits per heavy atom. The Morgan fingerprint density at radius 3 is 2.86 bits per heavy atom. The highest BCUT2D eigenvalue weighted by atomic mass is 16.1. The molecule has 0 saturated carbocycles. The largest absolute Gasteiger partial charge is 0.382 e. The molecule has 0 aliphatic carbocycles. The van der Waals surface area contributed by atoms with Crippen molar-refractivity contribution in [3.63, 3.8) is 0 Å². The van der Waals surface area contributed by atoms with Crippen molar-refractivity contribution in [1.29, 1.82) is 5.26 Å². The van der Waals surface area contributed by atoms with Crippen LogP contribution in [0.3, 0.4) is 0 Å². The van der Waals surface area contributed by atoms with Gasteiger partial charge >= 0.3 is 0 Å². The summed E-state index contributed by atoms with van der Waals surface area (Å²) in [5.74, 6) is 0.930. The summed E-state index contributed by atoms with van der Waals surface area (Å²) in [7, 11) is 0. The summed E-state index contributed by atoms with van der Waals surface area (Å²) in [5, 5.41) is 13.1. The Labute approximate surface area is 162 Å². The fourth-order valence-electron chi connectivity index (χ4n) is 3.13. The van der Waals surface area contributed by atoms with E-state index in [4.69, 9.17) is 16.5 Å². The van der Waals surface area contributed by atoms with Crippen LogP contribution in [0.2, 0.25) is 0 Å². The molecule has 0 unspecified atom stereocenters. The van der Waals surface area contributed by atoms with Crippen molar-refractivity contribution in [2.24, 2.45) is 5.73 Å². The molecule has 0 amide bonds. The van der Waals surface area contributed by atoms with E-state index in [1.807, 2.05) is 38.1 Å². The van der Waals surface area contributed by atoms with Crippen molar-refractivity contribution in [3.8, 4) is 6.07 Å². The topological polar surface area (TPSA) is 149 Å². The second-order valence-electron chi connectivity index (χ2n) is 6.50. The van der Waals surface area contributed by atoms with Gasteiger partial charge in [-0.15, -0.1) is 0 Å². The van der Waals surface area contributed by atoms with Crippen LogP contribution in [0.25, 0.3) is 10.9 Å². The van der Waals surface area contributed by atoms with E-state index in [9.17, 15) is 10.1 Å². The van der Waals surface area contributed by atoms with Crippen LogP contribution in [-0.2, 0) is 6.54 Å². The summed E-state index contributed by atoms with van der Waals surface area (Å²) in [6, 6.07) is 7.17. The molecule has 2 heterocycles. The maximum absolute atomic E-state index is 13.2.